The lowest BCUT2D eigenvalue weighted by atomic mass is 9.99. The van der Waals surface area contributed by atoms with Gasteiger partial charge in [-0.25, -0.2) is 0 Å². The van der Waals surface area contributed by atoms with Crippen molar-refractivity contribution >= 4 is 17.4 Å². The van der Waals surface area contributed by atoms with E-state index in [2.05, 4.69) is 0 Å². The monoisotopic (exact) mass is 306 g/mol. The molecule has 1 aliphatic rings. The van der Waals surface area contributed by atoms with E-state index in [1.54, 1.807) is 23.1 Å². The third-order valence-electron chi connectivity index (χ3n) is 4.18. The number of carboxylic acids is 1. The first-order chi connectivity index (χ1) is 10.5. The highest BCUT2D eigenvalue weighted by molar-refractivity contribution is 6.01. The van der Waals surface area contributed by atoms with Gasteiger partial charge in [0.15, 0.2) is 5.78 Å². The molecule has 6 heteroatoms. The average Bonchev–Trinajstić information content (AvgIpc) is 2.97. The zero-order chi connectivity index (χ0) is 16.3. The number of aliphatic carboxylic acids is 1. The number of carbonyl (C=O) groups is 2. The van der Waals surface area contributed by atoms with Gasteiger partial charge in [-0.1, -0.05) is 6.92 Å². The van der Waals surface area contributed by atoms with Crippen molar-refractivity contribution in [1.82, 2.24) is 4.90 Å². The molecule has 0 spiro atoms. The SMILES string of the molecule is CCC(C(=O)c1ccc(OC)c(N)c1)N1CCCC1C(=O)O. The number of rotatable bonds is 6. The summed E-state index contributed by atoms with van der Waals surface area (Å²) >= 11 is 0. The Balaban J connectivity index is 2.25. The highest BCUT2D eigenvalue weighted by atomic mass is 16.5. The van der Waals surface area contributed by atoms with Gasteiger partial charge in [0.2, 0.25) is 0 Å². The van der Waals surface area contributed by atoms with Crippen molar-refractivity contribution in [2.45, 2.75) is 38.3 Å². The van der Waals surface area contributed by atoms with E-state index in [-0.39, 0.29) is 5.78 Å². The largest absolute Gasteiger partial charge is 0.495 e. The Bertz CT molecular complexity index is 573. The van der Waals surface area contributed by atoms with Crippen LogP contribution in [0.15, 0.2) is 18.2 Å². The van der Waals surface area contributed by atoms with Gasteiger partial charge in [0.05, 0.1) is 18.8 Å². The molecule has 0 radical (unpaired) electrons. The van der Waals surface area contributed by atoms with E-state index in [0.717, 1.165) is 6.42 Å². The molecule has 0 bridgehead atoms. The van der Waals surface area contributed by atoms with Gasteiger partial charge in [-0.3, -0.25) is 14.5 Å². The third kappa shape index (κ3) is 3.06. The second-order valence-electron chi connectivity index (χ2n) is 5.48. The molecule has 0 saturated carbocycles. The number of nitrogens with two attached hydrogens (primary N) is 1. The standard InChI is InChI=1S/C16H22N2O4/c1-3-12(18-8-4-5-13(18)16(20)21)15(19)10-6-7-14(22-2)11(17)9-10/h6-7,9,12-13H,3-5,8,17H2,1-2H3,(H,20,21). The first kappa shape index (κ1) is 16.3. The molecule has 2 unspecified atom stereocenters. The molecule has 22 heavy (non-hydrogen) atoms. The number of anilines is 1. The minimum atomic E-state index is -0.863. The Labute approximate surface area is 129 Å². The molecular weight excluding hydrogens is 284 g/mol. The summed E-state index contributed by atoms with van der Waals surface area (Å²) in [5.74, 6) is -0.433. The van der Waals surface area contributed by atoms with E-state index < -0.39 is 18.1 Å². The van der Waals surface area contributed by atoms with Crippen LogP contribution in [0.25, 0.3) is 0 Å². The van der Waals surface area contributed by atoms with Crippen LogP contribution >= 0.6 is 0 Å². The van der Waals surface area contributed by atoms with Crippen molar-refractivity contribution in [3.05, 3.63) is 23.8 Å². The Morgan fingerprint density at radius 2 is 2.23 bits per heavy atom. The Hall–Kier alpha value is -2.08. The number of hydrogen-bond acceptors (Lipinski definition) is 5. The topological polar surface area (TPSA) is 92.9 Å². The number of nitrogens with zero attached hydrogens (tertiary/aromatic N) is 1. The molecule has 120 valence electrons. The van der Waals surface area contributed by atoms with E-state index in [9.17, 15) is 14.7 Å². The fraction of sp³-hybridized carbons (Fsp3) is 0.500. The molecule has 2 atom stereocenters. The molecule has 0 aliphatic carbocycles. The van der Waals surface area contributed by atoms with Gasteiger partial charge in [0.25, 0.3) is 0 Å². The number of carboxylic acid groups (broad SMARTS) is 1. The lowest BCUT2D eigenvalue weighted by Crippen LogP contribution is -2.46. The fourth-order valence-electron chi connectivity index (χ4n) is 3.08. The molecule has 6 nitrogen and oxygen atoms in total. The summed E-state index contributed by atoms with van der Waals surface area (Å²) in [6, 6.07) is 3.91. The van der Waals surface area contributed by atoms with Crippen molar-refractivity contribution in [3.8, 4) is 5.75 Å². The van der Waals surface area contributed by atoms with E-state index >= 15 is 0 Å². The summed E-state index contributed by atoms with van der Waals surface area (Å²) in [5.41, 5.74) is 6.74. The van der Waals surface area contributed by atoms with Crippen molar-refractivity contribution in [3.63, 3.8) is 0 Å². The first-order valence-electron chi connectivity index (χ1n) is 7.45. The number of Topliss-reactive ketones (excluding diaryl/α,β-unsaturated/α-hetero) is 1. The zero-order valence-electron chi connectivity index (χ0n) is 12.9. The second-order valence-corrected chi connectivity index (χ2v) is 5.48. The van der Waals surface area contributed by atoms with Crippen molar-refractivity contribution in [2.75, 3.05) is 19.4 Å². The predicted octanol–water partition coefficient (Wildman–Crippen LogP) is 1.79. The van der Waals surface area contributed by atoms with Crippen LogP contribution in [0.3, 0.4) is 0 Å². The van der Waals surface area contributed by atoms with Crippen molar-refractivity contribution in [1.29, 1.82) is 0 Å². The van der Waals surface area contributed by atoms with Crippen LogP contribution in [0.1, 0.15) is 36.5 Å². The van der Waals surface area contributed by atoms with Gasteiger partial charge in [-0.15, -0.1) is 0 Å². The average molecular weight is 306 g/mol. The van der Waals surface area contributed by atoms with Crippen molar-refractivity contribution in [2.24, 2.45) is 0 Å². The number of nitrogen functional groups attached to an aromatic ring is 1. The van der Waals surface area contributed by atoms with Crippen LogP contribution in [0.4, 0.5) is 5.69 Å². The van der Waals surface area contributed by atoms with Crippen LogP contribution in [0.2, 0.25) is 0 Å². The van der Waals surface area contributed by atoms with Crippen LogP contribution in [-0.2, 0) is 4.79 Å². The molecule has 1 aliphatic heterocycles. The van der Waals surface area contributed by atoms with Crippen LogP contribution < -0.4 is 10.5 Å². The number of carbonyl (C=O) groups excluding carboxylic acids is 1. The smallest absolute Gasteiger partial charge is 0.320 e. The number of likely N-dealkylation sites (tertiary alicyclic amines) is 1. The summed E-state index contributed by atoms with van der Waals surface area (Å²) in [5, 5.41) is 9.30. The Morgan fingerprint density at radius 3 is 2.77 bits per heavy atom. The number of hydrogen-bond donors (Lipinski definition) is 2. The van der Waals surface area contributed by atoms with E-state index in [1.165, 1.54) is 7.11 Å². The maximum atomic E-state index is 12.8. The van der Waals surface area contributed by atoms with E-state index in [1.807, 2.05) is 6.92 Å². The third-order valence-corrected chi connectivity index (χ3v) is 4.18. The molecule has 1 saturated heterocycles. The first-order valence-corrected chi connectivity index (χ1v) is 7.45. The minimum absolute atomic E-state index is 0.0926. The second kappa shape index (κ2) is 6.79. The summed E-state index contributed by atoms with van der Waals surface area (Å²) in [4.78, 5) is 25.9. The molecule has 1 aromatic carbocycles. The number of ketones is 1. The van der Waals surface area contributed by atoms with Crippen LogP contribution in [0.5, 0.6) is 5.75 Å². The molecule has 2 rings (SSSR count). The summed E-state index contributed by atoms with van der Waals surface area (Å²) < 4.78 is 5.09. The Morgan fingerprint density at radius 1 is 1.50 bits per heavy atom. The molecule has 0 aromatic heterocycles. The van der Waals surface area contributed by atoms with Gasteiger partial charge >= 0.3 is 5.97 Å². The molecule has 3 N–H and O–H groups in total. The Kier molecular flexibility index (Phi) is 5.03. The lowest BCUT2D eigenvalue weighted by molar-refractivity contribution is -0.142. The molecular formula is C16H22N2O4. The molecule has 1 fully saturated rings. The van der Waals surface area contributed by atoms with Crippen molar-refractivity contribution < 1.29 is 19.4 Å². The van der Waals surface area contributed by atoms with Crippen LogP contribution in [-0.4, -0.2) is 47.5 Å². The van der Waals surface area contributed by atoms with Gasteiger partial charge in [0, 0.05) is 5.56 Å². The zero-order valence-corrected chi connectivity index (χ0v) is 12.9. The van der Waals surface area contributed by atoms with Gasteiger partial charge in [-0.05, 0) is 44.0 Å². The number of ether oxygens (including phenoxy) is 1. The maximum Gasteiger partial charge on any atom is 0.320 e. The predicted molar refractivity (Wildman–Crippen MR) is 83.2 cm³/mol. The van der Waals surface area contributed by atoms with Gasteiger partial charge < -0.3 is 15.6 Å². The maximum absolute atomic E-state index is 12.8. The number of methoxy groups -OCH3 is 1. The number of benzene rings is 1. The summed E-state index contributed by atoms with van der Waals surface area (Å²) in [6.07, 6.45) is 1.95. The van der Waals surface area contributed by atoms with E-state index in [0.29, 0.717) is 36.4 Å². The molecule has 1 heterocycles. The fourth-order valence-corrected chi connectivity index (χ4v) is 3.08. The normalized spacial score (nSPS) is 19.8. The van der Waals surface area contributed by atoms with Gasteiger partial charge in [0.1, 0.15) is 11.8 Å². The summed E-state index contributed by atoms with van der Waals surface area (Å²) in [7, 11) is 1.52. The van der Waals surface area contributed by atoms with Gasteiger partial charge in [-0.2, -0.15) is 0 Å². The quantitative estimate of drug-likeness (QED) is 0.615. The van der Waals surface area contributed by atoms with Crippen LogP contribution in [0, 0.1) is 0 Å². The molecule has 0 amide bonds. The highest BCUT2D eigenvalue weighted by Crippen LogP contribution is 2.27. The molecule has 1 aromatic rings. The minimum Gasteiger partial charge on any atom is -0.495 e. The summed E-state index contributed by atoms with van der Waals surface area (Å²) in [6.45, 7) is 2.53. The highest BCUT2D eigenvalue weighted by Gasteiger charge is 2.37. The van der Waals surface area contributed by atoms with E-state index in [4.69, 9.17) is 10.5 Å². The lowest BCUT2D eigenvalue weighted by Gasteiger charge is -2.29.